The molecule has 106 valence electrons. The Morgan fingerprint density at radius 2 is 2.24 bits per heavy atom. The second-order valence-corrected chi connectivity index (χ2v) is 4.10. The highest BCUT2D eigenvalue weighted by molar-refractivity contribution is 5.88. The smallest absolute Gasteiger partial charge is 0.341 e. The maximum atomic E-state index is 11.9. The number of benzene rings is 1. The molecule has 1 heterocycles. The molecule has 0 saturated heterocycles. The number of carboxylic acids is 1. The zero-order valence-corrected chi connectivity index (χ0v) is 11.1. The summed E-state index contributed by atoms with van der Waals surface area (Å²) < 4.78 is 5.92. The number of hydrogen-bond acceptors (Lipinski definition) is 5. The third-order valence-corrected chi connectivity index (χ3v) is 2.79. The van der Waals surface area contributed by atoms with Crippen molar-refractivity contribution in [3.05, 3.63) is 46.2 Å². The summed E-state index contributed by atoms with van der Waals surface area (Å²) in [6.07, 6.45) is 0. The second-order valence-electron chi connectivity index (χ2n) is 4.10. The lowest BCUT2D eigenvalue weighted by Gasteiger charge is -2.07. The first-order valence-corrected chi connectivity index (χ1v) is 5.93. The van der Waals surface area contributed by atoms with E-state index in [-0.39, 0.29) is 12.2 Å². The summed E-state index contributed by atoms with van der Waals surface area (Å²) in [4.78, 5) is 23.0. The predicted octanol–water partition coefficient (Wildman–Crippen LogP) is 1.14. The molecule has 7 nitrogen and oxygen atoms in total. The maximum Gasteiger partial charge on any atom is 0.341 e. The minimum absolute atomic E-state index is 0.279. The Kier molecular flexibility index (Phi) is 4.00. The van der Waals surface area contributed by atoms with Gasteiger partial charge in [-0.2, -0.15) is 10.4 Å². The Morgan fingerprint density at radius 3 is 2.86 bits per heavy atom. The van der Waals surface area contributed by atoms with E-state index in [1.165, 1.54) is 13.2 Å². The van der Waals surface area contributed by atoms with Crippen molar-refractivity contribution in [1.29, 1.82) is 5.26 Å². The first-order chi connectivity index (χ1) is 10.1. The Hall–Kier alpha value is -3.14. The SMILES string of the molecule is COc1cccc(-c2cc(C(=O)O)c(=O)n(CC#N)n2)c1. The van der Waals surface area contributed by atoms with Crippen molar-refractivity contribution in [3.63, 3.8) is 0 Å². The van der Waals surface area contributed by atoms with E-state index >= 15 is 0 Å². The van der Waals surface area contributed by atoms with Crippen LogP contribution in [0.15, 0.2) is 35.1 Å². The van der Waals surface area contributed by atoms with Crippen molar-refractivity contribution in [1.82, 2.24) is 9.78 Å². The van der Waals surface area contributed by atoms with Crippen LogP contribution < -0.4 is 10.3 Å². The molecular formula is C14H11N3O4. The van der Waals surface area contributed by atoms with Crippen molar-refractivity contribution >= 4 is 5.97 Å². The first kappa shape index (κ1) is 14.3. The van der Waals surface area contributed by atoms with Gasteiger partial charge in [-0.25, -0.2) is 9.48 Å². The molecule has 0 bridgehead atoms. The van der Waals surface area contributed by atoms with Gasteiger partial charge in [-0.1, -0.05) is 12.1 Å². The predicted molar refractivity (Wildman–Crippen MR) is 73.1 cm³/mol. The number of nitrogens with zero attached hydrogens (tertiary/aromatic N) is 3. The van der Waals surface area contributed by atoms with Gasteiger partial charge in [0, 0.05) is 5.56 Å². The third-order valence-electron chi connectivity index (χ3n) is 2.79. The highest BCUT2D eigenvalue weighted by atomic mass is 16.5. The molecule has 1 aromatic heterocycles. The number of nitriles is 1. The van der Waals surface area contributed by atoms with Crippen molar-refractivity contribution < 1.29 is 14.6 Å². The molecule has 2 aromatic rings. The molecule has 7 heteroatoms. The normalized spacial score (nSPS) is 9.90. The van der Waals surface area contributed by atoms with Crippen molar-refractivity contribution in [3.8, 4) is 23.1 Å². The molecule has 21 heavy (non-hydrogen) atoms. The summed E-state index contributed by atoms with van der Waals surface area (Å²) in [6.45, 7) is -0.322. The van der Waals surface area contributed by atoms with Gasteiger partial charge in [-0.15, -0.1) is 0 Å². The molecule has 0 aliphatic heterocycles. The number of carboxylic acid groups (broad SMARTS) is 1. The fourth-order valence-corrected chi connectivity index (χ4v) is 1.79. The standard InChI is InChI=1S/C14H11N3O4/c1-21-10-4-2-3-9(7-10)12-8-11(14(19)20)13(18)17(16-12)6-5-15/h2-4,7-8H,6H2,1H3,(H,19,20). The number of ether oxygens (including phenoxy) is 1. The largest absolute Gasteiger partial charge is 0.497 e. The Bertz CT molecular complexity index is 790. The van der Waals surface area contributed by atoms with E-state index < -0.39 is 17.1 Å². The lowest BCUT2D eigenvalue weighted by molar-refractivity contribution is 0.0694. The third kappa shape index (κ3) is 2.90. The number of aromatic carboxylic acids is 1. The summed E-state index contributed by atoms with van der Waals surface area (Å²) >= 11 is 0. The molecule has 0 radical (unpaired) electrons. The maximum absolute atomic E-state index is 11.9. The van der Waals surface area contributed by atoms with Crippen LogP contribution in [0.5, 0.6) is 5.75 Å². The lowest BCUT2D eigenvalue weighted by Crippen LogP contribution is -2.28. The Labute approximate surface area is 119 Å². The average Bonchev–Trinajstić information content (AvgIpc) is 2.49. The summed E-state index contributed by atoms with van der Waals surface area (Å²) in [7, 11) is 1.51. The number of hydrogen-bond donors (Lipinski definition) is 1. The van der Waals surface area contributed by atoms with E-state index in [1.54, 1.807) is 30.3 Å². The van der Waals surface area contributed by atoms with Crippen LogP contribution in [-0.2, 0) is 6.54 Å². The van der Waals surface area contributed by atoms with Gasteiger partial charge in [0.1, 0.15) is 17.9 Å². The molecule has 1 aromatic carbocycles. The average molecular weight is 285 g/mol. The zero-order valence-electron chi connectivity index (χ0n) is 11.1. The molecule has 0 atom stereocenters. The number of aromatic nitrogens is 2. The minimum Gasteiger partial charge on any atom is -0.497 e. The van der Waals surface area contributed by atoms with Crippen LogP contribution in [0, 0.1) is 11.3 Å². The zero-order chi connectivity index (χ0) is 15.4. The Balaban J connectivity index is 2.66. The van der Waals surface area contributed by atoms with Crippen LogP contribution in [0.2, 0.25) is 0 Å². The van der Waals surface area contributed by atoms with Crippen LogP contribution in [0.25, 0.3) is 11.3 Å². The fourth-order valence-electron chi connectivity index (χ4n) is 1.79. The summed E-state index contributed by atoms with van der Waals surface area (Å²) in [5.41, 5.74) is -0.376. The van der Waals surface area contributed by atoms with Crippen LogP contribution in [0.3, 0.4) is 0 Å². The van der Waals surface area contributed by atoms with Crippen molar-refractivity contribution in [2.45, 2.75) is 6.54 Å². The number of carbonyl (C=O) groups is 1. The molecule has 0 aliphatic rings. The topological polar surface area (TPSA) is 105 Å². The lowest BCUT2D eigenvalue weighted by atomic mass is 10.1. The van der Waals surface area contributed by atoms with E-state index in [9.17, 15) is 9.59 Å². The van der Waals surface area contributed by atoms with Gasteiger partial charge in [-0.05, 0) is 18.2 Å². The van der Waals surface area contributed by atoms with E-state index in [2.05, 4.69) is 5.10 Å². The minimum atomic E-state index is -1.36. The highest BCUT2D eigenvalue weighted by Crippen LogP contribution is 2.21. The van der Waals surface area contributed by atoms with E-state index in [4.69, 9.17) is 15.1 Å². The van der Waals surface area contributed by atoms with Crippen LogP contribution in [0.4, 0.5) is 0 Å². The first-order valence-electron chi connectivity index (χ1n) is 5.93. The van der Waals surface area contributed by atoms with Crippen LogP contribution in [0.1, 0.15) is 10.4 Å². The molecular weight excluding hydrogens is 274 g/mol. The van der Waals surface area contributed by atoms with E-state index in [1.807, 2.05) is 0 Å². The molecule has 1 N–H and O–H groups in total. The molecule has 0 spiro atoms. The van der Waals surface area contributed by atoms with Gasteiger partial charge in [-0.3, -0.25) is 4.79 Å². The molecule has 0 fully saturated rings. The quantitative estimate of drug-likeness (QED) is 0.903. The molecule has 0 saturated carbocycles. The van der Waals surface area contributed by atoms with Gasteiger partial charge in [0.15, 0.2) is 0 Å². The highest BCUT2D eigenvalue weighted by Gasteiger charge is 2.15. The molecule has 0 aliphatic carbocycles. The van der Waals surface area contributed by atoms with Crippen LogP contribution >= 0.6 is 0 Å². The monoisotopic (exact) mass is 285 g/mol. The molecule has 0 unspecified atom stereocenters. The fraction of sp³-hybridized carbons (Fsp3) is 0.143. The Morgan fingerprint density at radius 1 is 1.48 bits per heavy atom. The van der Waals surface area contributed by atoms with E-state index in [0.717, 1.165) is 4.68 Å². The summed E-state index contributed by atoms with van der Waals surface area (Å²) in [5, 5.41) is 21.8. The van der Waals surface area contributed by atoms with Gasteiger partial charge < -0.3 is 9.84 Å². The number of methoxy groups -OCH3 is 1. The van der Waals surface area contributed by atoms with Gasteiger partial charge in [0.25, 0.3) is 5.56 Å². The van der Waals surface area contributed by atoms with Crippen molar-refractivity contribution in [2.75, 3.05) is 7.11 Å². The van der Waals surface area contributed by atoms with Crippen LogP contribution in [-0.4, -0.2) is 28.0 Å². The summed E-state index contributed by atoms with van der Waals surface area (Å²) in [6, 6.07) is 9.78. The summed E-state index contributed by atoms with van der Waals surface area (Å²) in [5.74, 6) is -0.789. The van der Waals surface area contributed by atoms with Gasteiger partial charge >= 0.3 is 5.97 Å². The van der Waals surface area contributed by atoms with E-state index in [0.29, 0.717) is 11.3 Å². The van der Waals surface area contributed by atoms with Gasteiger partial charge in [0.2, 0.25) is 0 Å². The van der Waals surface area contributed by atoms with Gasteiger partial charge in [0.05, 0.1) is 18.9 Å². The van der Waals surface area contributed by atoms with Crippen molar-refractivity contribution in [2.24, 2.45) is 0 Å². The molecule has 0 amide bonds. The molecule has 2 rings (SSSR count). The second kappa shape index (κ2) is 5.88. The number of rotatable bonds is 4.